The third-order valence-electron chi connectivity index (χ3n) is 3.45. The minimum absolute atomic E-state index is 0.0120. The van der Waals surface area contributed by atoms with E-state index in [1.807, 2.05) is 13.8 Å². The monoisotopic (exact) mass is 273 g/mol. The van der Waals surface area contributed by atoms with E-state index in [9.17, 15) is 14.5 Å². The first-order chi connectivity index (χ1) is 8.32. The average Bonchev–Trinajstić information content (AvgIpc) is 2.30. The van der Waals surface area contributed by atoms with Crippen molar-refractivity contribution in [3.8, 4) is 5.75 Å². The van der Waals surface area contributed by atoms with Gasteiger partial charge in [0.05, 0.1) is 11.0 Å². The molecule has 0 spiro atoms. The van der Waals surface area contributed by atoms with E-state index in [1.54, 1.807) is 0 Å². The number of nitro benzene ring substituents is 1. The lowest BCUT2D eigenvalue weighted by molar-refractivity contribution is -0.386. The smallest absolute Gasteiger partial charge is 0.313 e. The zero-order chi connectivity index (χ0) is 13.5. The lowest BCUT2D eigenvalue weighted by atomic mass is 9.68. The molecule has 2 unspecified atom stereocenters. The van der Waals surface area contributed by atoms with Gasteiger partial charge in [-0.25, -0.2) is 4.39 Å². The zero-order valence-corrected chi connectivity index (χ0v) is 10.8. The van der Waals surface area contributed by atoms with Crippen molar-refractivity contribution in [2.24, 2.45) is 5.41 Å². The van der Waals surface area contributed by atoms with Crippen LogP contribution >= 0.6 is 11.6 Å². The first kappa shape index (κ1) is 13.1. The molecule has 1 aliphatic rings. The van der Waals surface area contributed by atoms with E-state index in [0.717, 1.165) is 12.1 Å². The summed E-state index contributed by atoms with van der Waals surface area (Å²) in [6.45, 7) is 3.88. The second-order valence-corrected chi connectivity index (χ2v) is 5.53. The molecule has 0 N–H and O–H groups in total. The molecule has 0 radical (unpaired) electrons. The maximum atomic E-state index is 13.0. The molecule has 18 heavy (non-hydrogen) atoms. The Morgan fingerprint density at radius 2 is 2.22 bits per heavy atom. The number of nitro groups is 1. The molecule has 1 fully saturated rings. The summed E-state index contributed by atoms with van der Waals surface area (Å²) in [7, 11) is 0. The van der Waals surface area contributed by atoms with Crippen molar-refractivity contribution in [1.82, 2.24) is 0 Å². The third kappa shape index (κ3) is 2.14. The first-order valence-corrected chi connectivity index (χ1v) is 6.00. The van der Waals surface area contributed by atoms with Crippen LogP contribution in [-0.4, -0.2) is 16.4 Å². The number of ether oxygens (including phenoxy) is 1. The Morgan fingerprint density at radius 3 is 2.72 bits per heavy atom. The van der Waals surface area contributed by atoms with E-state index in [4.69, 9.17) is 16.3 Å². The second kappa shape index (κ2) is 4.39. The van der Waals surface area contributed by atoms with Crippen LogP contribution in [0, 0.1) is 21.3 Å². The van der Waals surface area contributed by atoms with E-state index >= 15 is 0 Å². The molecule has 98 valence electrons. The first-order valence-electron chi connectivity index (χ1n) is 5.57. The predicted octanol–water partition coefficient (Wildman–Crippen LogP) is 3.52. The number of halogens is 2. The number of benzene rings is 1. The number of hydrogen-bond acceptors (Lipinski definition) is 3. The number of rotatable bonds is 3. The Labute approximate surface area is 109 Å². The largest absolute Gasteiger partial charge is 0.483 e. The lowest BCUT2D eigenvalue weighted by Gasteiger charge is -2.48. The van der Waals surface area contributed by atoms with Gasteiger partial charge in [-0.05, 0) is 12.1 Å². The van der Waals surface area contributed by atoms with Crippen LogP contribution in [0.2, 0.25) is 0 Å². The quantitative estimate of drug-likeness (QED) is 0.481. The summed E-state index contributed by atoms with van der Waals surface area (Å²) in [6, 6.07) is 3.29. The highest BCUT2D eigenvalue weighted by atomic mass is 35.5. The minimum atomic E-state index is -0.655. The Hall–Kier alpha value is -1.36. The van der Waals surface area contributed by atoms with Crippen LogP contribution < -0.4 is 4.74 Å². The van der Waals surface area contributed by atoms with Crippen LogP contribution in [0.15, 0.2) is 18.2 Å². The lowest BCUT2D eigenvalue weighted by Crippen LogP contribution is -2.53. The van der Waals surface area contributed by atoms with E-state index < -0.39 is 10.7 Å². The van der Waals surface area contributed by atoms with Crippen molar-refractivity contribution in [3.63, 3.8) is 0 Å². The molecule has 6 heteroatoms. The molecular weight excluding hydrogens is 261 g/mol. The fraction of sp³-hybridized carbons (Fsp3) is 0.500. The van der Waals surface area contributed by atoms with Gasteiger partial charge in [0.25, 0.3) is 0 Å². The van der Waals surface area contributed by atoms with Crippen LogP contribution in [0.3, 0.4) is 0 Å². The van der Waals surface area contributed by atoms with Gasteiger partial charge in [0.15, 0.2) is 5.75 Å². The highest BCUT2D eigenvalue weighted by Gasteiger charge is 2.49. The maximum Gasteiger partial charge on any atom is 0.313 e. The molecule has 2 rings (SSSR count). The molecule has 1 saturated carbocycles. The van der Waals surface area contributed by atoms with Crippen LogP contribution in [0.5, 0.6) is 5.75 Å². The molecule has 2 atom stereocenters. The summed E-state index contributed by atoms with van der Waals surface area (Å²) in [4.78, 5) is 10.2. The van der Waals surface area contributed by atoms with E-state index in [2.05, 4.69) is 0 Å². The molecule has 4 nitrogen and oxygen atoms in total. The third-order valence-corrected chi connectivity index (χ3v) is 4.19. The molecule has 0 heterocycles. The van der Waals surface area contributed by atoms with Crippen molar-refractivity contribution >= 4 is 17.3 Å². The molecular formula is C12H13ClFNO3. The standard InChI is InChI=1S/C12H13ClFNO3/c1-12(2)10(13)6-11(12)18-9-4-3-7(14)5-8(9)15(16)17/h3-5,10-11H,6H2,1-2H3. The van der Waals surface area contributed by atoms with Gasteiger partial charge in [-0.1, -0.05) is 13.8 Å². The summed E-state index contributed by atoms with van der Waals surface area (Å²) in [5.74, 6) is -0.569. The van der Waals surface area contributed by atoms with Gasteiger partial charge in [0.2, 0.25) is 0 Å². The van der Waals surface area contributed by atoms with Gasteiger partial charge in [-0.3, -0.25) is 10.1 Å². The van der Waals surface area contributed by atoms with Gasteiger partial charge >= 0.3 is 5.69 Å². The maximum absolute atomic E-state index is 13.0. The molecule has 1 aliphatic carbocycles. The molecule has 0 aromatic heterocycles. The summed E-state index contributed by atoms with van der Waals surface area (Å²) < 4.78 is 18.6. The van der Waals surface area contributed by atoms with Crippen molar-refractivity contribution in [1.29, 1.82) is 0 Å². The summed E-state index contributed by atoms with van der Waals surface area (Å²) >= 11 is 6.06. The highest BCUT2D eigenvalue weighted by molar-refractivity contribution is 6.21. The normalized spacial score (nSPS) is 25.3. The number of nitrogens with zero attached hydrogens (tertiary/aromatic N) is 1. The second-order valence-electron chi connectivity index (χ2n) is 5.00. The van der Waals surface area contributed by atoms with Crippen LogP contribution in [-0.2, 0) is 0 Å². The van der Waals surface area contributed by atoms with Gasteiger partial charge in [-0.15, -0.1) is 11.6 Å². The molecule has 1 aromatic carbocycles. The van der Waals surface area contributed by atoms with Crippen molar-refractivity contribution in [3.05, 3.63) is 34.1 Å². The molecule has 0 bridgehead atoms. The van der Waals surface area contributed by atoms with E-state index in [-0.39, 0.29) is 28.3 Å². The van der Waals surface area contributed by atoms with E-state index in [0.29, 0.717) is 6.42 Å². The summed E-state index contributed by atoms with van der Waals surface area (Å²) in [6.07, 6.45) is 0.437. The average molecular weight is 274 g/mol. The van der Waals surface area contributed by atoms with Crippen LogP contribution in [0.1, 0.15) is 20.3 Å². The van der Waals surface area contributed by atoms with Crippen LogP contribution in [0.4, 0.5) is 10.1 Å². The molecule has 0 aliphatic heterocycles. The fourth-order valence-electron chi connectivity index (χ4n) is 1.92. The van der Waals surface area contributed by atoms with Gasteiger partial charge in [0.1, 0.15) is 11.9 Å². The number of alkyl halides is 1. The Kier molecular flexibility index (Phi) is 3.19. The van der Waals surface area contributed by atoms with Crippen molar-refractivity contribution in [2.45, 2.75) is 31.7 Å². The Bertz CT molecular complexity index is 492. The molecule has 1 aromatic rings. The summed E-state index contributed by atoms with van der Waals surface area (Å²) in [5, 5.41) is 10.8. The zero-order valence-electron chi connectivity index (χ0n) is 10.0. The summed E-state index contributed by atoms with van der Waals surface area (Å²) in [5.41, 5.74) is -0.604. The molecule has 0 amide bonds. The Balaban J connectivity index is 2.23. The van der Waals surface area contributed by atoms with Crippen LogP contribution in [0.25, 0.3) is 0 Å². The van der Waals surface area contributed by atoms with Gasteiger partial charge in [-0.2, -0.15) is 0 Å². The highest BCUT2D eigenvalue weighted by Crippen LogP contribution is 2.47. The number of hydrogen-bond donors (Lipinski definition) is 0. The van der Waals surface area contributed by atoms with E-state index in [1.165, 1.54) is 6.07 Å². The van der Waals surface area contributed by atoms with Crippen molar-refractivity contribution in [2.75, 3.05) is 0 Å². The topological polar surface area (TPSA) is 52.4 Å². The van der Waals surface area contributed by atoms with Crippen molar-refractivity contribution < 1.29 is 14.1 Å². The SMILES string of the molecule is CC1(C)C(Cl)CC1Oc1ccc(F)cc1[N+](=O)[O-]. The Morgan fingerprint density at radius 1 is 1.56 bits per heavy atom. The molecule has 0 saturated heterocycles. The predicted molar refractivity (Wildman–Crippen MR) is 65.5 cm³/mol. The van der Waals surface area contributed by atoms with Gasteiger partial charge in [0, 0.05) is 17.2 Å². The fourth-order valence-corrected chi connectivity index (χ4v) is 2.23. The minimum Gasteiger partial charge on any atom is -0.483 e. The van der Waals surface area contributed by atoms with Gasteiger partial charge < -0.3 is 4.74 Å².